The number of amides is 2. The molecule has 1 fully saturated rings. The van der Waals surface area contributed by atoms with Crippen molar-refractivity contribution in [2.45, 2.75) is 31.2 Å². The molecule has 1 saturated carbocycles. The Bertz CT molecular complexity index is 213. The molecule has 0 radical (unpaired) electrons. The number of hydrogen-bond acceptors (Lipinski definition) is 2. The van der Waals surface area contributed by atoms with Crippen molar-refractivity contribution in [2.24, 2.45) is 0 Å². The van der Waals surface area contributed by atoms with E-state index in [1.807, 2.05) is 0 Å². The van der Waals surface area contributed by atoms with Gasteiger partial charge in [-0.3, -0.25) is 0 Å². The van der Waals surface area contributed by atoms with Gasteiger partial charge in [0.15, 0.2) is 0 Å². The number of nitriles is 1. The molecule has 0 aromatic rings. The molecule has 4 nitrogen and oxygen atoms in total. The summed E-state index contributed by atoms with van der Waals surface area (Å²) in [5, 5.41) is 14.0. The topological polar surface area (TPSA) is 64.9 Å². The first-order chi connectivity index (χ1) is 5.72. The van der Waals surface area contributed by atoms with E-state index in [1.54, 1.807) is 7.05 Å². The molecule has 0 aromatic carbocycles. The lowest BCUT2D eigenvalue weighted by molar-refractivity contribution is 0.234. The summed E-state index contributed by atoms with van der Waals surface area (Å²) in [4.78, 5) is 11.0. The minimum Gasteiger partial charge on any atom is -0.341 e. The van der Waals surface area contributed by atoms with Gasteiger partial charge in [0.25, 0.3) is 0 Å². The van der Waals surface area contributed by atoms with Crippen LogP contribution in [0.1, 0.15) is 25.7 Å². The second-order valence-electron chi connectivity index (χ2n) is 3.11. The third kappa shape index (κ3) is 1.67. The fourth-order valence-corrected chi connectivity index (χ4v) is 1.52. The standard InChI is InChI=1S/C8H13N3O/c1-10-7(12)11-8(6-9)4-2-3-5-8/h2-5H2,1H3,(H2,10,11,12). The molecule has 1 aliphatic carbocycles. The van der Waals surface area contributed by atoms with Gasteiger partial charge in [-0.2, -0.15) is 5.26 Å². The first-order valence-corrected chi connectivity index (χ1v) is 4.13. The van der Waals surface area contributed by atoms with Crippen LogP contribution in [0, 0.1) is 11.3 Å². The van der Waals surface area contributed by atoms with E-state index in [9.17, 15) is 4.79 Å². The van der Waals surface area contributed by atoms with Gasteiger partial charge in [0.05, 0.1) is 6.07 Å². The van der Waals surface area contributed by atoms with Crippen molar-refractivity contribution in [3.8, 4) is 6.07 Å². The summed E-state index contributed by atoms with van der Waals surface area (Å²) in [6.45, 7) is 0. The SMILES string of the molecule is CNC(=O)NC1(C#N)CCCC1. The smallest absolute Gasteiger partial charge is 0.315 e. The van der Waals surface area contributed by atoms with Crippen LogP contribution in [-0.2, 0) is 0 Å². The van der Waals surface area contributed by atoms with Crippen LogP contribution >= 0.6 is 0 Å². The van der Waals surface area contributed by atoms with E-state index < -0.39 is 5.54 Å². The number of nitrogens with one attached hydrogen (secondary N) is 2. The molecule has 0 heterocycles. The van der Waals surface area contributed by atoms with E-state index in [-0.39, 0.29) is 6.03 Å². The summed E-state index contributed by atoms with van der Waals surface area (Å²) in [5.74, 6) is 0. The number of hydrogen-bond donors (Lipinski definition) is 2. The molecular formula is C8H13N3O. The summed E-state index contributed by atoms with van der Waals surface area (Å²) in [6.07, 6.45) is 3.60. The van der Waals surface area contributed by atoms with Gasteiger partial charge in [0.2, 0.25) is 0 Å². The molecule has 2 amide bonds. The van der Waals surface area contributed by atoms with Crippen molar-refractivity contribution in [1.29, 1.82) is 5.26 Å². The highest BCUT2D eigenvalue weighted by Gasteiger charge is 2.34. The van der Waals surface area contributed by atoms with Gasteiger partial charge in [-0.05, 0) is 25.7 Å². The van der Waals surface area contributed by atoms with Crippen molar-refractivity contribution < 1.29 is 4.79 Å². The fraction of sp³-hybridized carbons (Fsp3) is 0.750. The Morgan fingerprint density at radius 2 is 2.08 bits per heavy atom. The molecule has 0 bridgehead atoms. The zero-order chi connectivity index (χ0) is 9.03. The normalized spacial score (nSPS) is 19.7. The molecule has 4 heteroatoms. The Morgan fingerprint density at radius 3 is 2.50 bits per heavy atom. The minimum atomic E-state index is -0.597. The van der Waals surface area contributed by atoms with Gasteiger partial charge in [-0.25, -0.2) is 4.79 Å². The van der Waals surface area contributed by atoms with Crippen molar-refractivity contribution in [3.63, 3.8) is 0 Å². The molecule has 0 unspecified atom stereocenters. The first-order valence-electron chi connectivity index (χ1n) is 4.13. The molecule has 0 spiro atoms. The molecule has 2 N–H and O–H groups in total. The Morgan fingerprint density at radius 1 is 1.50 bits per heavy atom. The zero-order valence-electron chi connectivity index (χ0n) is 7.18. The average molecular weight is 167 g/mol. The van der Waals surface area contributed by atoms with Crippen LogP contribution in [0.25, 0.3) is 0 Å². The Labute approximate surface area is 71.9 Å². The summed E-state index contributed by atoms with van der Waals surface area (Å²) in [7, 11) is 1.55. The van der Waals surface area contributed by atoms with E-state index in [0.29, 0.717) is 0 Å². The predicted molar refractivity (Wildman–Crippen MR) is 44.4 cm³/mol. The van der Waals surface area contributed by atoms with Crippen molar-refractivity contribution in [3.05, 3.63) is 0 Å². The number of carbonyl (C=O) groups is 1. The lowest BCUT2D eigenvalue weighted by Crippen LogP contribution is -2.48. The molecular weight excluding hydrogens is 154 g/mol. The number of urea groups is 1. The average Bonchev–Trinajstić information content (AvgIpc) is 2.54. The van der Waals surface area contributed by atoms with Gasteiger partial charge in [-0.15, -0.1) is 0 Å². The highest BCUT2D eigenvalue weighted by atomic mass is 16.2. The highest BCUT2D eigenvalue weighted by Crippen LogP contribution is 2.28. The van der Waals surface area contributed by atoms with E-state index in [0.717, 1.165) is 25.7 Å². The van der Waals surface area contributed by atoms with E-state index in [2.05, 4.69) is 16.7 Å². The van der Waals surface area contributed by atoms with Gasteiger partial charge < -0.3 is 10.6 Å². The quantitative estimate of drug-likeness (QED) is 0.605. The van der Waals surface area contributed by atoms with E-state index in [4.69, 9.17) is 5.26 Å². The first kappa shape index (κ1) is 8.85. The molecule has 0 aliphatic heterocycles. The Kier molecular flexibility index (Phi) is 2.54. The second kappa shape index (κ2) is 3.44. The van der Waals surface area contributed by atoms with Gasteiger partial charge in [-0.1, -0.05) is 0 Å². The number of carbonyl (C=O) groups excluding carboxylic acids is 1. The lowest BCUT2D eigenvalue weighted by atomic mass is 10.0. The lowest BCUT2D eigenvalue weighted by Gasteiger charge is -2.21. The van der Waals surface area contributed by atoms with Crippen LogP contribution in [0.3, 0.4) is 0 Å². The van der Waals surface area contributed by atoms with Crippen LogP contribution in [0.2, 0.25) is 0 Å². The summed E-state index contributed by atoms with van der Waals surface area (Å²) in [5.41, 5.74) is -0.597. The van der Waals surface area contributed by atoms with Crippen LogP contribution in [-0.4, -0.2) is 18.6 Å². The van der Waals surface area contributed by atoms with Gasteiger partial charge in [0, 0.05) is 7.05 Å². The maximum Gasteiger partial charge on any atom is 0.315 e. The van der Waals surface area contributed by atoms with E-state index in [1.165, 1.54) is 0 Å². The molecule has 0 aromatic heterocycles. The monoisotopic (exact) mass is 167 g/mol. The Hall–Kier alpha value is -1.24. The van der Waals surface area contributed by atoms with Crippen molar-refractivity contribution >= 4 is 6.03 Å². The third-order valence-electron chi connectivity index (χ3n) is 2.25. The second-order valence-corrected chi connectivity index (χ2v) is 3.11. The molecule has 0 atom stereocenters. The predicted octanol–water partition coefficient (Wildman–Crippen LogP) is 0.752. The molecule has 0 saturated heterocycles. The molecule has 66 valence electrons. The summed E-state index contributed by atoms with van der Waals surface area (Å²) in [6, 6.07) is 1.91. The van der Waals surface area contributed by atoms with Crippen LogP contribution < -0.4 is 10.6 Å². The largest absolute Gasteiger partial charge is 0.341 e. The molecule has 12 heavy (non-hydrogen) atoms. The van der Waals surface area contributed by atoms with E-state index >= 15 is 0 Å². The minimum absolute atomic E-state index is 0.265. The van der Waals surface area contributed by atoms with Crippen LogP contribution in [0.5, 0.6) is 0 Å². The fourth-order valence-electron chi connectivity index (χ4n) is 1.52. The third-order valence-corrected chi connectivity index (χ3v) is 2.25. The highest BCUT2D eigenvalue weighted by molar-refractivity contribution is 5.75. The van der Waals surface area contributed by atoms with Crippen LogP contribution in [0.4, 0.5) is 4.79 Å². The molecule has 1 rings (SSSR count). The summed E-state index contributed by atoms with van der Waals surface area (Å²) >= 11 is 0. The van der Waals surface area contributed by atoms with Crippen molar-refractivity contribution in [1.82, 2.24) is 10.6 Å². The van der Waals surface area contributed by atoms with Gasteiger partial charge in [0.1, 0.15) is 5.54 Å². The van der Waals surface area contributed by atoms with Crippen LogP contribution in [0.15, 0.2) is 0 Å². The number of rotatable bonds is 1. The van der Waals surface area contributed by atoms with Crippen molar-refractivity contribution in [2.75, 3.05) is 7.05 Å². The Balaban J connectivity index is 2.57. The van der Waals surface area contributed by atoms with Gasteiger partial charge >= 0.3 is 6.03 Å². The maximum atomic E-state index is 11.0. The number of nitrogens with zero attached hydrogens (tertiary/aromatic N) is 1. The maximum absolute atomic E-state index is 11.0. The summed E-state index contributed by atoms with van der Waals surface area (Å²) < 4.78 is 0. The zero-order valence-corrected chi connectivity index (χ0v) is 7.18. The molecule has 1 aliphatic rings.